The Bertz CT molecular complexity index is 3250. The fourth-order valence-corrected chi connectivity index (χ4v) is 11.8. The number of hydrogen-bond donors (Lipinski definition) is 0. The Balaban J connectivity index is 1.43. The predicted octanol–water partition coefficient (Wildman–Crippen LogP) is 16.4. The number of benzene rings is 7. The molecule has 0 bridgehead atoms. The van der Waals surface area contributed by atoms with E-state index in [1.165, 1.54) is 111 Å². The van der Waals surface area contributed by atoms with Crippen molar-refractivity contribution in [3.63, 3.8) is 0 Å². The van der Waals surface area contributed by atoms with Gasteiger partial charge in [-0.05, 0) is 234 Å². The summed E-state index contributed by atoms with van der Waals surface area (Å²) in [6.07, 6.45) is 1.62. The van der Waals surface area contributed by atoms with Crippen LogP contribution in [-0.2, 0) is 12.8 Å². The summed E-state index contributed by atoms with van der Waals surface area (Å²) < 4.78 is 0. The quantitative estimate of drug-likeness (QED) is 0.171. The first-order chi connectivity index (χ1) is 33.4. The third kappa shape index (κ3) is 6.76. The lowest BCUT2D eigenvalue weighted by Gasteiger charge is -2.42. The Morgan fingerprint density at radius 2 is 0.600 bits per heavy atom. The van der Waals surface area contributed by atoms with Gasteiger partial charge in [0, 0.05) is 29.5 Å². The SMILES string of the molecule is Cc1c(C)c(C)c2c(c1C)Cc1c(C)c(C)c(C)c(C)c1N2c1cc(-c2nc(-c3ccccc3)nc(-c3ccccc3)n2)cc(N2c3c(C)c(C)c(C)c(C)c3Cc3c(C)c(C)c(C)c(C)c32)c1C#N. The van der Waals surface area contributed by atoms with Crippen molar-refractivity contribution in [2.24, 2.45) is 0 Å². The van der Waals surface area contributed by atoms with Crippen LogP contribution in [0.5, 0.6) is 0 Å². The molecule has 0 amide bonds. The summed E-state index contributed by atoms with van der Waals surface area (Å²) >= 11 is 0. The maximum absolute atomic E-state index is 12.2. The summed E-state index contributed by atoms with van der Waals surface area (Å²) in [6, 6.07) is 27.7. The lowest BCUT2D eigenvalue weighted by Crippen LogP contribution is -2.27. The van der Waals surface area contributed by atoms with E-state index in [4.69, 9.17) is 15.0 Å². The standard InChI is InChI=1S/C64H64N6/c1-32-36(5)44(13)58-51(40(32)9)29-52-41(10)33(2)37(6)45(14)59(52)69(58)56-27-50(64-67-62(48-23-19-17-20-24-48)66-63(68-64)49-25-21-18-22-26-49)28-57(55(56)31-65)70-60-46(15)38(7)34(3)42(11)53(60)30-54-43(12)35(4)39(8)47(16)61(54)70/h17-28H,29-30H2,1-16H3. The normalized spacial score (nSPS) is 12.7. The van der Waals surface area contributed by atoms with Gasteiger partial charge in [-0.25, -0.2) is 15.0 Å². The van der Waals surface area contributed by atoms with Gasteiger partial charge < -0.3 is 9.80 Å². The van der Waals surface area contributed by atoms with E-state index in [-0.39, 0.29) is 0 Å². The molecule has 0 radical (unpaired) electrons. The number of nitrogens with zero attached hydrogens (tertiary/aromatic N) is 6. The van der Waals surface area contributed by atoms with Crippen LogP contribution in [0.2, 0.25) is 0 Å². The molecule has 0 unspecified atom stereocenters. The van der Waals surface area contributed by atoms with E-state index < -0.39 is 0 Å². The lowest BCUT2D eigenvalue weighted by molar-refractivity contribution is 0.987. The number of fused-ring (bicyclic) bond motifs is 4. The van der Waals surface area contributed by atoms with Crippen molar-refractivity contribution in [2.45, 2.75) is 124 Å². The molecule has 0 spiro atoms. The van der Waals surface area contributed by atoms with Gasteiger partial charge in [-0.1, -0.05) is 60.7 Å². The molecule has 7 aromatic carbocycles. The Morgan fingerprint density at radius 3 is 0.871 bits per heavy atom. The maximum Gasteiger partial charge on any atom is 0.164 e. The summed E-state index contributed by atoms with van der Waals surface area (Å²) in [6.45, 7) is 36.3. The monoisotopic (exact) mass is 917 g/mol. The molecular weight excluding hydrogens is 853 g/mol. The number of anilines is 6. The average molecular weight is 917 g/mol. The van der Waals surface area contributed by atoms with Crippen molar-refractivity contribution >= 4 is 34.1 Å². The highest BCUT2D eigenvalue weighted by Crippen LogP contribution is 2.57. The van der Waals surface area contributed by atoms with E-state index in [0.717, 1.165) is 63.7 Å². The molecule has 10 rings (SSSR count). The third-order valence-electron chi connectivity index (χ3n) is 17.4. The van der Waals surface area contributed by atoms with E-state index in [0.29, 0.717) is 23.0 Å². The highest BCUT2D eigenvalue weighted by molar-refractivity contribution is 5.99. The smallest absolute Gasteiger partial charge is 0.164 e. The molecule has 3 heterocycles. The summed E-state index contributed by atoms with van der Waals surface area (Å²) in [4.78, 5) is 20.9. The van der Waals surface area contributed by atoms with Crippen molar-refractivity contribution in [2.75, 3.05) is 9.80 Å². The van der Waals surface area contributed by atoms with Crippen LogP contribution in [0.3, 0.4) is 0 Å². The molecule has 0 atom stereocenters. The zero-order valence-electron chi connectivity index (χ0n) is 44.0. The number of hydrogen-bond acceptors (Lipinski definition) is 6. The number of nitriles is 1. The largest absolute Gasteiger partial charge is 0.308 e. The molecule has 6 heteroatoms. The van der Waals surface area contributed by atoms with Crippen LogP contribution >= 0.6 is 0 Å². The molecule has 0 fully saturated rings. The number of aromatic nitrogens is 3. The Hall–Kier alpha value is -7.36. The third-order valence-corrected chi connectivity index (χ3v) is 17.4. The first kappa shape index (κ1) is 46.4. The summed E-state index contributed by atoms with van der Waals surface area (Å²) in [5, 5.41) is 12.2. The van der Waals surface area contributed by atoms with Gasteiger partial charge in [-0.2, -0.15) is 5.26 Å². The van der Waals surface area contributed by atoms with Gasteiger partial charge >= 0.3 is 0 Å². The molecule has 0 aliphatic carbocycles. The van der Waals surface area contributed by atoms with E-state index in [1.807, 2.05) is 36.4 Å². The summed E-state index contributed by atoms with van der Waals surface area (Å²) in [5.74, 6) is 1.71. The predicted molar refractivity (Wildman–Crippen MR) is 292 cm³/mol. The summed E-state index contributed by atoms with van der Waals surface area (Å²) in [5.41, 5.74) is 35.0. The van der Waals surface area contributed by atoms with Crippen LogP contribution in [-0.4, -0.2) is 15.0 Å². The van der Waals surface area contributed by atoms with Gasteiger partial charge in [0.1, 0.15) is 11.6 Å². The van der Waals surface area contributed by atoms with Crippen molar-refractivity contribution in [3.05, 3.63) is 190 Å². The van der Waals surface area contributed by atoms with E-state index in [2.05, 4.69) is 163 Å². The highest BCUT2D eigenvalue weighted by atomic mass is 15.2. The maximum atomic E-state index is 12.2. The molecule has 2 aliphatic rings. The van der Waals surface area contributed by atoms with Crippen LogP contribution < -0.4 is 9.80 Å². The van der Waals surface area contributed by atoms with E-state index in [1.54, 1.807) is 0 Å². The molecular formula is C64H64N6. The average Bonchev–Trinajstić information content (AvgIpc) is 3.39. The lowest BCUT2D eigenvalue weighted by atomic mass is 9.80. The molecule has 0 saturated heterocycles. The van der Waals surface area contributed by atoms with Gasteiger partial charge in [0.15, 0.2) is 17.5 Å². The molecule has 2 aliphatic heterocycles. The van der Waals surface area contributed by atoms with Crippen molar-refractivity contribution < 1.29 is 0 Å². The molecule has 0 saturated carbocycles. The molecule has 6 nitrogen and oxygen atoms in total. The van der Waals surface area contributed by atoms with Crippen molar-refractivity contribution in [1.29, 1.82) is 5.26 Å². The topological polar surface area (TPSA) is 68.9 Å². The Labute approximate surface area is 415 Å². The van der Waals surface area contributed by atoms with Gasteiger partial charge in [0.2, 0.25) is 0 Å². The van der Waals surface area contributed by atoms with E-state index >= 15 is 0 Å². The molecule has 1 aromatic heterocycles. The van der Waals surface area contributed by atoms with Gasteiger partial charge in [-0.3, -0.25) is 0 Å². The summed E-state index contributed by atoms with van der Waals surface area (Å²) in [7, 11) is 0. The first-order valence-electron chi connectivity index (χ1n) is 24.8. The zero-order valence-corrected chi connectivity index (χ0v) is 44.0. The van der Waals surface area contributed by atoms with Gasteiger partial charge in [0.05, 0.1) is 34.1 Å². The number of rotatable bonds is 5. The van der Waals surface area contributed by atoms with Crippen LogP contribution in [0.15, 0.2) is 72.8 Å². The van der Waals surface area contributed by atoms with Crippen LogP contribution in [0.1, 0.15) is 117 Å². The van der Waals surface area contributed by atoms with E-state index in [9.17, 15) is 5.26 Å². The molecule has 0 N–H and O–H groups in total. The molecule has 70 heavy (non-hydrogen) atoms. The Kier molecular flexibility index (Phi) is 11.2. The second kappa shape index (κ2) is 16.9. The first-order valence-corrected chi connectivity index (χ1v) is 24.8. The molecule has 350 valence electrons. The minimum absolute atomic E-state index is 0.538. The minimum atomic E-state index is 0.538. The molecule has 8 aromatic rings. The second-order valence-corrected chi connectivity index (χ2v) is 20.4. The Morgan fingerprint density at radius 1 is 0.343 bits per heavy atom. The van der Waals surface area contributed by atoms with Crippen LogP contribution in [0.4, 0.5) is 34.1 Å². The van der Waals surface area contributed by atoms with Gasteiger partial charge in [0.25, 0.3) is 0 Å². The van der Waals surface area contributed by atoms with Crippen molar-refractivity contribution in [1.82, 2.24) is 15.0 Å². The van der Waals surface area contributed by atoms with Gasteiger partial charge in [-0.15, -0.1) is 0 Å². The van der Waals surface area contributed by atoms with Crippen molar-refractivity contribution in [3.8, 4) is 40.2 Å². The highest BCUT2D eigenvalue weighted by Gasteiger charge is 2.38. The fourth-order valence-electron chi connectivity index (χ4n) is 11.8. The fraction of sp³-hybridized carbons (Fsp3) is 0.281. The zero-order chi connectivity index (χ0) is 49.9. The second-order valence-electron chi connectivity index (χ2n) is 20.4. The van der Waals surface area contributed by atoms with Crippen LogP contribution in [0.25, 0.3) is 34.2 Å². The minimum Gasteiger partial charge on any atom is -0.308 e. The van der Waals surface area contributed by atoms with Crippen LogP contribution in [0, 0.1) is 122 Å².